The van der Waals surface area contributed by atoms with Crippen molar-refractivity contribution in [2.75, 3.05) is 22.9 Å². The molecule has 0 bridgehead atoms. The predicted octanol–water partition coefficient (Wildman–Crippen LogP) is 5.31. The molecule has 1 aliphatic rings. The molecule has 0 radical (unpaired) electrons. The molecule has 5 nitrogen and oxygen atoms in total. The molecule has 6 heteroatoms. The van der Waals surface area contributed by atoms with Gasteiger partial charge in [0.05, 0.1) is 11.6 Å². The van der Waals surface area contributed by atoms with Crippen LogP contribution < -0.4 is 9.80 Å². The Balaban J connectivity index is 2.11. The van der Waals surface area contributed by atoms with Gasteiger partial charge in [0, 0.05) is 35.4 Å². The number of anilines is 2. The molecule has 1 atom stereocenters. The summed E-state index contributed by atoms with van der Waals surface area (Å²) in [5.74, 6) is -1.66. The van der Waals surface area contributed by atoms with Crippen molar-refractivity contribution in [2.24, 2.45) is 5.92 Å². The van der Waals surface area contributed by atoms with Crippen molar-refractivity contribution in [3.63, 3.8) is 0 Å². The fourth-order valence-electron chi connectivity index (χ4n) is 3.81. The Morgan fingerprint density at radius 1 is 1.07 bits per heavy atom. The van der Waals surface area contributed by atoms with Gasteiger partial charge in [-0.15, -0.1) is 0 Å². The van der Waals surface area contributed by atoms with Crippen molar-refractivity contribution in [1.29, 1.82) is 0 Å². The molecule has 0 fully saturated rings. The minimum absolute atomic E-state index is 0.139. The lowest BCUT2D eigenvalue weighted by Gasteiger charge is -2.28. The molecule has 2 aromatic rings. The maximum Gasteiger partial charge on any atom is 0.294 e. The van der Waals surface area contributed by atoms with Crippen LogP contribution in [0.25, 0.3) is 0 Å². The molecular formula is C24H27ClN2O3. The monoisotopic (exact) mass is 426 g/mol. The van der Waals surface area contributed by atoms with Crippen molar-refractivity contribution in [1.82, 2.24) is 0 Å². The molecule has 1 N–H and O–H groups in total. The summed E-state index contributed by atoms with van der Waals surface area (Å²) in [6.45, 7) is 9.47. The molecule has 1 amide bonds. The average Bonchev–Trinajstić information content (AvgIpc) is 3.00. The molecule has 1 aliphatic heterocycles. The number of hydrogen-bond acceptors (Lipinski definition) is 4. The molecule has 0 aliphatic carbocycles. The maximum atomic E-state index is 13.0. The summed E-state index contributed by atoms with van der Waals surface area (Å²) >= 11 is 6.01. The summed E-state index contributed by atoms with van der Waals surface area (Å²) in [7, 11) is 0. The number of carbonyl (C=O) groups excluding carboxylic acids is 2. The third kappa shape index (κ3) is 3.94. The summed E-state index contributed by atoms with van der Waals surface area (Å²) in [5, 5.41) is 11.2. The number of aliphatic hydroxyl groups is 1. The van der Waals surface area contributed by atoms with Crippen molar-refractivity contribution in [3.05, 3.63) is 70.4 Å². The Kier molecular flexibility index (Phi) is 6.52. The minimum atomic E-state index is -0.695. The number of aliphatic hydroxyl groups excluding tert-OH is 1. The van der Waals surface area contributed by atoms with Crippen LogP contribution in [-0.4, -0.2) is 29.9 Å². The number of benzene rings is 2. The van der Waals surface area contributed by atoms with Crippen LogP contribution in [0.15, 0.2) is 59.9 Å². The molecule has 0 saturated carbocycles. The summed E-state index contributed by atoms with van der Waals surface area (Å²) in [6, 6.07) is 13.9. The highest BCUT2D eigenvalue weighted by molar-refractivity contribution is 6.30. The van der Waals surface area contributed by atoms with E-state index in [2.05, 4.69) is 18.7 Å². The lowest BCUT2D eigenvalue weighted by molar-refractivity contribution is -0.119. The van der Waals surface area contributed by atoms with Crippen molar-refractivity contribution < 1.29 is 14.7 Å². The van der Waals surface area contributed by atoms with Gasteiger partial charge in [-0.2, -0.15) is 0 Å². The van der Waals surface area contributed by atoms with Crippen molar-refractivity contribution >= 4 is 34.7 Å². The first-order valence-electron chi connectivity index (χ1n) is 10.2. The number of nitrogens with zero attached hydrogens (tertiary/aromatic N) is 2. The molecule has 1 heterocycles. The van der Waals surface area contributed by atoms with E-state index in [0.29, 0.717) is 10.7 Å². The smallest absolute Gasteiger partial charge is 0.294 e. The zero-order valence-corrected chi connectivity index (χ0v) is 18.5. The number of Topliss-reactive ketones (excluding diaryl/α,β-unsaturated/α-hetero) is 1. The van der Waals surface area contributed by atoms with E-state index in [1.807, 2.05) is 24.3 Å². The van der Waals surface area contributed by atoms with E-state index < -0.39 is 17.7 Å². The van der Waals surface area contributed by atoms with Crippen LogP contribution in [0.3, 0.4) is 0 Å². The van der Waals surface area contributed by atoms with Crippen LogP contribution in [0.5, 0.6) is 0 Å². The largest absolute Gasteiger partial charge is 0.503 e. The minimum Gasteiger partial charge on any atom is -0.503 e. The van der Waals surface area contributed by atoms with Gasteiger partial charge in [0.25, 0.3) is 5.91 Å². The van der Waals surface area contributed by atoms with Gasteiger partial charge < -0.3 is 10.0 Å². The SMILES string of the molecule is CCN(CC)c1ccc(C2C(C(=O)C(C)C)=C(O)C(=O)N2c2ccc(Cl)cc2)cc1. The fraction of sp³-hybridized carbons (Fsp3) is 0.333. The van der Waals surface area contributed by atoms with Crippen molar-refractivity contribution in [2.45, 2.75) is 33.7 Å². The first-order valence-corrected chi connectivity index (χ1v) is 10.6. The van der Waals surface area contributed by atoms with E-state index >= 15 is 0 Å². The molecule has 0 saturated heterocycles. The van der Waals surface area contributed by atoms with E-state index in [0.717, 1.165) is 24.3 Å². The van der Waals surface area contributed by atoms with E-state index in [9.17, 15) is 14.7 Å². The maximum absolute atomic E-state index is 13.0. The van der Waals surface area contributed by atoms with Crippen LogP contribution in [0.1, 0.15) is 39.3 Å². The number of ketones is 1. The lowest BCUT2D eigenvalue weighted by Crippen LogP contribution is -2.31. The normalized spacial score (nSPS) is 16.5. The highest BCUT2D eigenvalue weighted by atomic mass is 35.5. The number of halogens is 1. The molecule has 1 unspecified atom stereocenters. The van der Waals surface area contributed by atoms with Crippen LogP contribution in [0, 0.1) is 5.92 Å². The van der Waals surface area contributed by atoms with Gasteiger partial charge in [-0.05, 0) is 55.8 Å². The second-order valence-electron chi connectivity index (χ2n) is 7.60. The third-order valence-electron chi connectivity index (χ3n) is 5.44. The molecule has 2 aromatic carbocycles. The number of amides is 1. The van der Waals surface area contributed by atoms with Gasteiger partial charge in [-0.1, -0.05) is 37.6 Å². The van der Waals surface area contributed by atoms with E-state index in [-0.39, 0.29) is 17.3 Å². The predicted molar refractivity (Wildman–Crippen MR) is 121 cm³/mol. The average molecular weight is 427 g/mol. The second-order valence-corrected chi connectivity index (χ2v) is 8.04. The van der Waals surface area contributed by atoms with Gasteiger partial charge in [-0.25, -0.2) is 0 Å². The highest BCUT2D eigenvalue weighted by Crippen LogP contribution is 2.42. The van der Waals surface area contributed by atoms with Crippen LogP contribution in [0.4, 0.5) is 11.4 Å². The van der Waals surface area contributed by atoms with Gasteiger partial charge >= 0.3 is 0 Å². The van der Waals surface area contributed by atoms with E-state index in [1.54, 1.807) is 38.1 Å². The van der Waals surface area contributed by atoms with Gasteiger partial charge in [0.15, 0.2) is 11.5 Å². The van der Waals surface area contributed by atoms with E-state index in [4.69, 9.17) is 11.6 Å². The van der Waals surface area contributed by atoms with Gasteiger partial charge in [0.2, 0.25) is 0 Å². The summed E-state index contributed by atoms with van der Waals surface area (Å²) in [5.41, 5.74) is 2.54. The Labute approximate surface area is 182 Å². The summed E-state index contributed by atoms with van der Waals surface area (Å²) in [4.78, 5) is 29.6. The molecule has 158 valence electrons. The zero-order valence-electron chi connectivity index (χ0n) is 17.7. The molecule has 3 rings (SSSR count). The Bertz CT molecular complexity index is 961. The summed E-state index contributed by atoms with van der Waals surface area (Å²) < 4.78 is 0. The standard InChI is InChI=1S/C24H27ClN2O3/c1-5-26(6-2)18-11-7-16(8-12-18)21-20(22(28)15(3)4)23(29)24(30)27(21)19-13-9-17(25)10-14-19/h7-15,21,29H,5-6H2,1-4H3. The Morgan fingerprint density at radius 3 is 2.13 bits per heavy atom. The molecule has 30 heavy (non-hydrogen) atoms. The molecular weight excluding hydrogens is 400 g/mol. The van der Waals surface area contributed by atoms with Crippen LogP contribution in [-0.2, 0) is 9.59 Å². The third-order valence-corrected chi connectivity index (χ3v) is 5.69. The van der Waals surface area contributed by atoms with Gasteiger partial charge in [-0.3, -0.25) is 14.5 Å². The topological polar surface area (TPSA) is 60.9 Å². The van der Waals surface area contributed by atoms with Crippen LogP contribution >= 0.6 is 11.6 Å². The number of hydrogen-bond donors (Lipinski definition) is 1. The Morgan fingerprint density at radius 2 is 1.63 bits per heavy atom. The first-order chi connectivity index (χ1) is 14.3. The fourth-order valence-corrected chi connectivity index (χ4v) is 3.93. The quantitative estimate of drug-likeness (QED) is 0.651. The lowest BCUT2D eigenvalue weighted by atomic mass is 9.91. The van der Waals surface area contributed by atoms with Gasteiger partial charge in [0.1, 0.15) is 0 Å². The molecule has 0 spiro atoms. The number of carbonyl (C=O) groups is 2. The zero-order chi connectivity index (χ0) is 22.0. The summed E-state index contributed by atoms with van der Waals surface area (Å²) in [6.07, 6.45) is 0. The molecule has 0 aromatic heterocycles. The Hall–Kier alpha value is -2.79. The van der Waals surface area contributed by atoms with Crippen molar-refractivity contribution in [3.8, 4) is 0 Å². The highest BCUT2D eigenvalue weighted by Gasteiger charge is 2.44. The number of rotatable bonds is 7. The second kappa shape index (κ2) is 8.92. The van der Waals surface area contributed by atoms with E-state index in [1.165, 1.54) is 4.90 Å². The first kappa shape index (κ1) is 21.9. The van der Waals surface area contributed by atoms with Crippen LogP contribution in [0.2, 0.25) is 5.02 Å².